The highest BCUT2D eigenvalue weighted by molar-refractivity contribution is 6.32. The Kier molecular flexibility index (Phi) is 6.82. The zero-order chi connectivity index (χ0) is 21.6. The summed E-state index contributed by atoms with van der Waals surface area (Å²) >= 11 is 6.48. The third-order valence-corrected chi connectivity index (χ3v) is 5.70. The molecule has 1 aliphatic heterocycles. The van der Waals surface area contributed by atoms with Crippen molar-refractivity contribution < 1.29 is 13.9 Å². The number of halogens is 2. The maximum Gasteiger partial charge on any atom is 0.180 e. The molecule has 3 aromatic carbocycles. The topological polar surface area (TPSA) is 33.7 Å². The predicted molar refractivity (Wildman–Crippen MR) is 124 cm³/mol. The number of benzene rings is 3. The molecular weight excluding hydrogens is 415 g/mol. The summed E-state index contributed by atoms with van der Waals surface area (Å²) in [6.45, 7) is 3.16. The van der Waals surface area contributed by atoms with Gasteiger partial charge in [0.1, 0.15) is 12.4 Å². The van der Waals surface area contributed by atoms with E-state index < -0.39 is 0 Å². The van der Waals surface area contributed by atoms with Crippen LogP contribution in [0.15, 0.2) is 60.7 Å². The van der Waals surface area contributed by atoms with Gasteiger partial charge in [-0.05, 0) is 72.5 Å². The molecule has 1 N–H and O–H groups in total. The van der Waals surface area contributed by atoms with E-state index in [1.54, 1.807) is 19.2 Å². The molecule has 4 rings (SSSR count). The number of hydrogen-bond acceptors (Lipinski definition) is 4. The van der Waals surface area contributed by atoms with E-state index in [0.29, 0.717) is 23.1 Å². The molecule has 31 heavy (non-hydrogen) atoms. The third-order valence-electron chi connectivity index (χ3n) is 5.42. The van der Waals surface area contributed by atoms with Gasteiger partial charge >= 0.3 is 0 Å². The van der Waals surface area contributed by atoms with Crippen LogP contribution in [0.1, 0.15) is 24.0 Å². The van der Waals surface area contributed by atoms with Crippen LogP contribution in [-0.4, -0.2) is 20.2 Å². The molecular formula is C25H26ClFN2O2. The fourth-order valence-electron chi connectivity index (χ4n) is 3.72. The quantitative estimate of drug-likeness (QED) is 0.447. The number of nitrogens with zero attached hydrogens (tertiary/aromatic N) is 1. The molecule has 0 amide bonds. The molecule has 0 unspecified atom stereocenters. The first-order valence-corrected chi connectivity index (χ1v) is 10.8. The van der Waals surface area contributed by atoms with Crippen molar-refractivity contribution in [3.63, 3.8) is 0 Å². The molecule has 4 nitrogen and oxygen atoms in total. The monoisotopic (exact) mass is 440 g/mol. The van der Waals surface area contributed by atoms with Crippen molar-refractivity contribution in [2.45, 2.75) is 26.0 Å². The van der Waals surface area contributed by atoms with Gasteiger partial charge in [-0.2, -0.15) is 0 Å². The van der Waals surface area contributed by atoms with Crippen molar-refractivity contribution in [2.24, 2.45) is 0 Å². The van der Waals surface area contributed by atoms with Crippen molar-refractivity contribution in [3.05, 3.63) is 82.6 Å². The van der Waals surface area contributed by atoms with Crippen molar-refractivity contribution >= 4 is 23.0 Å². The van der Waals surface area contributed by atoms with E-state index in [9.17, 15) is 4.39 Å². The van der Waals surface area contributed by atoms with Crippen LogP contribution >= 0.6 is 11.6 Å². The second-order valence-corrected chi connectivity index (χ2v) is 8.03. The lowest BCUT2D eigenvalue weighted by atomic mass is 10.2. The first-order chi connectivity index (χ1) is 15.1. The van der Waals surface area contributed by atoms with Crippen LogP contribution in [0.2, 0.25) is 5.02 Å². The summed E-state index contributed by atoms with van der Waals surface area (Å²) in [5.74, 6) is 0.768. The van der Waals surface area contributed by atoms with E-state index in [1.807, 2.05) is 12.1 Å². The van der Waals surface area contributed by atoms with Crippen molar-refractivity contribution in [1.82, 2.24) is 0 Å². The Balaban J connectivity index is 1.39. The summed E-state index contributed by atoms with van der Waals surface area (Å²) < 4.78 is 24.4. The Morgan fingerprint density at radius 2 is 1.68 bits per heavy atom. The lowest BCUT2D eigenvalue weighted by Gasteiger charge is -2.18. The van der Waals surface area contributed by atoms with Gasteiger partial charge in [0, 0.05) is 31.0 Å². The number of anilines is 2. The normalized spacial score (nSPS) is 13.3. The second-order valence-electron chi connectivity index (χ2n) is 7.62. The maximum absolute atomic E-state index is 13.1. The molecule has 1 aliphatic rings. The van der Waals surface area contributed by atoms with Gasteiger partial charge in [0.2, 0.25) is 0 Å². The number of ether oxygens (including phenoxy) is 2. The summed E-state index contributed by atoms with van der Waals surface area (Å²) in [6, 6.07) is 18.5. The van der Waals surface area contributed by atoms with Gasteiger partial charge in [0.25, 0.3) is 0 Å². The van der Waals surface area contributed by atoms with Gasteiger partial charge in [-0.25, -0.2) is 4.39 Å². The van der Waals surface area contributed by atoms with Crippen molar-refractivity contribution in [1.29, 1.82) is 0 Å². The summed E-state index contributed by atoms with van der Waals surface area (Å²) in [4.78, 5) is 2.42. The lowest BCUT2D eigenvalue weighted by molar-refractivity contribution is 0.284. The highest BCUT2D eigenvalue weighted by atomic mass is 35.5. The fraction of sp³-hybridized carbons (Fsp3) is 0.280. The number of methoxy groups -OCH3 is 1. The maximum atomic E-state index is 13.1. The van der Waals surface area contributed by atoms with Gasteiger partial charge < -0.3 is 19.7 Å². The van der Waals surface area contributed by atoms with E-state index in [0.717, 1.165) is 29.9 Å². The lowest BCUT2D eigenvalue weighted by Crippen LogP contribution is -2.17. The average Bonchev–Trinajstić information content (AvgIpc) is 3.33. The Hall–Kier alpha value is -2.92. The standard InChI is InChI=1S/C25H26ClFN2O2/c1-30-24-15-19(14-23(26)25(24)31-17-18-4-6-20(27)7-5-18)16-28-21-8-10-22(11-9-21)29-12-2-3-13-29/h4-11,14-15,28H,2-3,12-13,16-17H2,1H3. The van der Waals surface area contributed by atoms with Crippen molar-refractivity contribution in [2.75, 3.05) is 30.4 Å². The van der Waals surface area contributed by atoms with Gasteiger partial charge in [-0.1, -0.05) is 23.7 Å². The molecule has 0 atom stereocenters. The smallest absolute Gasteiger partial charge is 0.180 e. The summed E-state index contributed by atoms with van der Waals surface area (Å²) in [5.41, 5.74) is 4.16. The van der Waals surface area contributed by atoms with Crippen LogP contribution in [0.3, 0.4) is 0 Å². The minimum Gasteiger partial charge on any atom is -0.493 e. The van der Waals surface area contributed by atoms with Gasteiger partial charge in [-0.3, -0.25) is 0 Å². The predicted octanol–water partition coefficient (Wildman–Crippen LogP) is 6.28. The molecule has 1 saturated heterocycles. The second kappa shape index (κ2) is 9.92. The van der Waals surface area contributed by atoms with Crippen LogP contribution < -0.4 is 19.7 Å². The number of hydrogen-bond donors (Lipinski definition) is 1. The Morgan fingerprint density at radius 3 is 2.35 bits per heavy atom. The minimum atomic E-state index is -0.276. The Morgan fingerprint density at radius 1 is 0.968 bits per heavy atom. The number of nitrogens with one attached hydrogen (secondary N) is 1. The highest BCUT2D eigenvalue weighted by Crippen LogP contribution is 2.37. The summed E-state index contributed by atoms with van der Waals surface area (Å²) in [6.07, 6.45) is 2.54. The van der Waals surface area contributed by atoms with Gasteiger partial charge in [-0.15, -0.1) is 0 Å². The Labute approximate surface area is 187 Å². The van der Waals surface area contributed by atoms with Gasteiger partial charge in [0.15, 0.2) is 11.5 Å². The third kappa shape index (κ3) is 5.42. The minimum absolute atomic E-state index is 0.275. The Bertz CT molecular complexity index is 1000. The van der Waals surface area contributed by atoms with Crippen LogP contribution in [-0.2, 0) is 13.2 Å². The molecule has 3 aromatic rings. The zero-order valence-corrected chi connectivity index (χ0v) is 18.3. The highest BCUT2D eigenvalue weighted by Gasteiger charge is 2.14. The molecule has 0 bridgehead atoms. The molecule has 0 radical (unpaired) electrons. The molecule has 162 valence electrons. The molecule has 1 heterocycles. The van der Waals surface area contributed by atoms with E-state index in [2.05, 4.69) is 34.5 Å². The largest absolute Gasteiger partial charge is 0.493 e. The molecule has 0 aromatic heterocycles. The summed E-state index contributed by atoms with van der Waals surface area (Å²) in [5, 5.41) is 3.91. The van der Waals surface area contributed by atoms with Crippen molar-refractivity contribution in [3.8, 4) is 11.5 Å². The zero-order valence-electron chi connectivity index (χ0n) is 17.5. The SMILES string of the molecule is COc1cc(CNc2ccc(N3CCCC3)cc2)cc(Cl)c1OCc1ccc(F)cc1. The molecule has 0 spiro atoms. The average molecular weight is 441 g/mol. The van der Waals surface area contributed by atoms with E-state index in [4.69, 9.17) is 21.1 Å². The summed E-state index contributed by atoms with van der Waals surface area (Å²) in [7, 11) is 1.59. The van der Waals surface area contributed by atoms with Gasteiger partial charge in [0.05, 0.1) is 12.1 Å². The van der Waals surface area contributed by atoms with E-state index in [1.165, 1.54) is 30.7 Å². The molecule has 0 aliphatic carbocycles. The van der Waals surface area contributed by atoms with Crippen LogP contribution in [0, 0.1) is 5.82 Å². The van der Waals surface area contributed by atoms with Crippen LogP contribution in [0.25, 0.3) is 0 Å². The number of rotatable bonds is 8. The van der Waals surface area contributed by atoms with Crippen LogP contribution in [0.4, 0.5) is 15.8 Å². The first kappa shape index (κ1) is 21.3. The van der Waals surface area contributed by atoms with E-state index >= 15 is 0 Å². The first-order valence-electron chi connectivity index (χ1n) is 10.4. The molecule has 1 fully saturated rings. The molecule has 6 heteroatoms. The molecule has 0 saturated carbocycles. The fourth-order valence-corrected chi connectivity index (χ4v) is 4.01. The van der Waals surface area contributed by atoms with E-state index in [-0.39, 0.29) is 12.4 Å². The van der Waals surface area contributed by atoms with Crippen LogP contribution in [0.5, 0.6) is 11.5 Å².